The molecule has 0 saturated heterocycles. The Morgan fingerprint density at radius 3 is 3.06 bits per heavy atom. The summed E-state index contributed by atoms with van der Waals surface area (Å²) in [6, 6.07) is 6.10. The third-order valence-electron chi connectivity index (χ3n) is 2.85. The van der Waals surface area contributed by atoms with Crippen molar-refractivity contribution in [2.24, 2.45) is 0 Å². The van der Waals surface area contributed by atoms with E-state index in [2.05, 4.69) is 16.7 Å². The van der Waals surface area contributed by atoms with E-state index in [9.17, 15) is 8.78 Å². The quantitative estimate of drug-likeness (QED) is 0.816. The summed E-state index contributed by atoms with van der Waals surface area (Å²) in [5.41, 5.74) is 3.77. The number of halogens is 2. The average Bonchev–Trinajstić information content (AvgIpc) is 2.29. The fraction of sp³-hybridized carbons (Fsp3) is 0.500. The van der Waals surface area contributed by atoms with Crippen molar-refractivity contribution in [1.82, 2.24) is 10.6 Å². The molecule has 0 radical (unpaired) electrons. The molecule has 2 N–H and O–H groups in total. The van der Waals surface area contributed by atoms with Crippen molar-refractivity contribution in [2.75, 3.05) is 13.1 Å². The number of hydrogen-bond donors (Lipinski definition) is 2. The van der Waals surface area contributed by atoms with Gasteiger partial charge in [-0.25, -0.2) is 8.78 Å². The Morgan fingerprint density at radius 2 is 2.25 bits per heavy atom. The van der Waals surface area contributed by atoms with Crippen LogP contribution in [0.1, 0.15) is 16.7 Å². The van der Waals surface area contributed by atoms with Crippen molar-refractivity contribution in [3.8, 4) is 0 Å². The maximum absolute atomic E-state index is 12.0. The first-order valence-electron chi connectivity index (χ1n) is 5.56. The van der Waals surface area contributed by atoms with Crippen LogP contribution in [0.2, 0.25) is 0 Å². The molecule has 0 aromatic heterocycles. The molecule has 1 aromatic carbocycles. The van der Waals surface area contributed by atoms with E-state index in [1.807, 2.05) is 12.1 Å². The highest BCUT2D eigenvalue weighted by Gasteiger charge is 2.12. The molecule has 88 valence electrons. The van der Waals surface area contributed by atoms with Crippen LogP contribution in [0.15, 0.2) is 18.2 Å². The second-order valence-electron chi connectivity index (χ2n) is 4.00. The number of rotatable bonds is 4. The minimum Gasteiger partial charge on any atom is -0.312 e. The largest absolute Gasteiger partial charge is 0.312 e. The maximum Gasteiger partial charge on any atom is 0.250 e. The van der Waals surface area contributed by atoms with Crippen LogP contribution in [0.3, 0.4) is 0 Å². The average molecular weight is 226 g/mol. The molecule has 2 nitrogen and oxygen atoms in total. The van der Waals surface area contributed by atoms with Gasteiger partial charge >= 0.3 is 0 Å². The van der Waals surface area contributed by atoms with Crippen LogP contribution in [0.5, 0.6) is 0 Å². The molecule has 16 heavy (non-hydrogen) atoms. The molecule has 1 aromatic rings. The van der Waals surface area contributed by atoms with E-state index in [-0.39, 0.29) is 6.54 Å². The molecule has 0 bridgehead atoms. The van der Waals surface area contributed by atoms with Gasteiger partial charge in [-0.3, -0.25) is 0 Å². The molecule has 0 unspecified atom stereocenters. The van der Waals surface area contributed by atoms with Crippen molar-refractivity contribution in [3.63, 3.8) is 0 Å². The number of fused-ring (bicyclic) bond motifs is 1. The number of benzene rings is 1. The Balaban J connectivity index is 2.03. The highest BCUT2D eigenvalue weighted by atomic mass is 19.3. The van der Waals surface area contributed by atoms with Crippen LogP contribution in [-0.4, -0.2) is 19.5 Å². The lowest BCUT2D eigenvalue weighted by Gasteiger charge is -2.20. The molecule has 0 atom stereocenters. The van der Waals surface area contributed by atoms with Gasteiger partial charge in [0, 0.05) is 13.1 Å². The number of nitrogens with one attached hydrogen (secondary N) is 2. The second kappa shape index (κ2) is 5.37. The van der Waals surface area contributed by atoms with Crippen molar-refractivity contribution in [2.45, 2.75) is 25.9 Å². The van der Waals surface area contributed by atoms with E-state index in [1.54, 1.807) is 0 Å². The van der Waals surface area contributed by atoms with Gasteiger partial charge in [0.2, 0.25) is 0 Å². The predicted octanol–water partition coefficient (Wildman–Crippen LogP) is 1.69. The van der Waals surface area contributed by atoms with E-state index in [4.69, 9.17) is 0 Å². The monoisotopic (exact) mass is 226 g/mol. The lowest BCUT2D eigenvalue weighted by molar-refractivity contribution is 0.145. The lowest BCUT2D eigenvalue weighted by Crippen LogP contribution is -2.27. The van der Waals surface area contributed by atoms with Crippen LogP contribution in [-0.2, 0) is 19.5 Å². The van der Waals surface area contributed by atoms with Crippen LogP contribution < -0.4 is 10.6 Å². The Hall–Kier alpha value is -1.00. The Labute approximate surface area is 94.0 Å². The summed E-state index contributed by atoms with van der Waals surface area (Å²) in [7, 11) is 0. The maximum atomic E-state index is 12.0. The molecule has 1 heterocycles. The van der Waals surface area contributed by atoms with Gasteiger partial charge in [-0.1, -0.05) is 18.2 Å². The number of alkyl halides is 2. The molecule has 0 aliphatic carbocycles. The van der Waals surface area contributed by atoms with Gasteiger partial charge in [-0.15, -0.1) is 0 Å². The molecule has 0 amide bonds. The van der Waals surface area contributed by atoms with Gasteiger partial charge in [-0.05, 0) is 29.7 Å². The molecule has 4 heteroatoms. The Morgan fingerprint density at radius 1 is 1.38 bits per heavy atom. The summed E-state index contributed by atoms with van der Waals surface area (Å²) in [5.74, 6) is 0. The Bertz CT molecular complexity index is 353. The zero-order chi connectivity index (χ0) is 11.4. The fourth-order valence-corrected chi connectivity index (χ4v) is 2.09. The first-order valence-corrected chi connectivity index (χ1v) is 5.56. The normalized spacial score (nSPS) is 15.2. The molecular weight excluding hydrogens is 210 g/mol. The van der Waals surface area contributed by atoms with Crippen LogP contribution in [0.25, 0.3) is 0 Å². The van der Waals surface area contributed by atoms with Gasteiger partial charge in [0.1, 0.15) is 0 Å². The van der Waals surface area contributed by atoms with Crippen LogP contribution in [0.4, 0.5) is 8.78 Å². The highest BCUT2D eigenvalue weighted by molar-refractivity contribution is 5.36. The molecule has 2 rings (SSSR count). The summed E-state index contributed by atoms with van der Waals surface area (Å²) < 4.78 is 24.0. The lowest BCUT2D eigenvalue weighted by atomic mass is 9.95. The molecular formula is C12H16F2N2. The van der Waals surface area contributed by atoms with Gasteiger partial charge in [-0.2, -0.15) is 0 Å². The van der Waals surface area contributed by atoms with Gasteiger partial charge in [0.25, 0.3) is 6.43 Å². The van der Waals surface area contributed by atoms with E-state index in [0.29, 0.717) is 6.54 Å². The number of hydrogen-bond acceptors (Lipinski definition) is 2. The summed E-state index contributed by atoms with van der Waals surface area (Å²) in [6.07, 6.45) is -1.29. The van der Waals surface area contributed by atoms with Gasteiger partial charge < -0.3 is 10.6 Å². The van der Waals surface area contributed by atoms with Gasteiger partial charge in [0.05, 0.1) is 6.54 Å². The highest BCUT2D eigenvalue weighted by Crippen LogP contribution is 2.18. The third-order valence-corrected chi connectivity index (χ3v) is 2.85. The third kappa shape index (κ3) is 2.77. The van der Waals surface area contributed by atoms with Crippen molar-refractivity contribution in [3.05, 3.63) is 34.9 Å². The van der Waals surface area contributed by atoms with Crippen LogP contribution >= 0.6 is 0 Å². The zero-order valence-corrected chi connectivity index (χ0v) is 9.10. The van der Waals surface area contributed by atoms with E-state index in [1.165, 1.54) is 11.1 Å². The fourth-order valence-electron chi connectivity index (χ4n) is 2.09. The minimum absolute atomic E-state index is 0.234. The van der Waals surface area contributed by atoms with Crippen molar-refractivity contribution >= 4 is 0 Å². The summed E-state index contributed by atoms with van der Waals surface area (Å²) in [6.45, 7) is 2.16. The van der Waals surface area contributed by atoms with Crippen molar-refractivity contribution in [1.29, 1.82) is 0 Å². The summed E-state index contributed by atoms with van der Waals surface area (Å²) >= 11 is 0. The Kier molecular flexibility index (Phi) is 3.85. The summed E-state index contributed by atoms with van der Waals surface area (Å²) in [4.78, 5) is 0. The van der Waals surface area contributed by atoms with E-state index < -0.39 is 6.43 Å². The minimum atomic E-state index is -2.28. The van der Waals surface area contributed by atoms with Crippen molar-refractivity contribution < 1.29 is 8.78 Å². The standard InChI is InChI=1S/C12H16F2N2/c13-12(14)8-16-7-10-3-1-2-9-6-15-5-4-11(9)10/h1-3,12,15-16H,4-8H2. The molecule has 0 spiro atoms. The molecule has 1 aliphatic heterocycles. The molecule has 0 fully saturated rings. The molecule has 1 aliphatic rings. The van der Waals surface area contributed by atoms with E-state index >= 15 is 0 Å². The topological polar surface area (TPSA) is 24.1 Å². The first kappa shape index (κ1) is 11.5. The zero-order valence-electron chi connectivity index (χ0n) is 9.10. The SMILES string of the molecule is FC(F)CNCc1cccc2c1CCNC2. The smallest absolute Gasteiger partial charge is 0.250 e. The second-order valence-corrected chi connectivity index (χ2v) is 4.00. The molecule has 0 saturated carbocycles. The summed E-state index contributed by atoms with van der Waals surface area (Å²) in [5, 5.41) is 6.08. The predicted molar refractivity (Wildman–Crippen MR) is 59.6 cm³/mol. The van der Waals surface area contributed by atoms with Crippen LogP contribution in [0, 0.1) is 0 Å². The first-order chi connectivity index (χ1) is 7.77. The van der Waals surface area contributed by atoms with E-state index in [0.717, 1.165) is 25.1 Å². The van der Waals surface area contributed by atoms with Gasteiger partial charge in [0.15, 0.2) is 0 Å².